The highest BCUT2D eigenvalue weighted by Crippen LogP contribution is 2.44. The van der Waals surface area contributed by atoms with Crippen molar-refractivity contribution in [3.8, 4) is 81.2 Å². The highest BCUT2D eigenvalue weighted by molar-refractivity contribution is 6.13. The molecule has 8 nitrogen and oxygen atoms in total. The summed E-state index contributed by atoms with van der Waals surface area (Å²) in [6.45, 7) is 13.5. The van der Waals surface area contributed by atoms with Gasteiger partial charge in [0.2, 0.25) is 0 Å². The Morgan fingerprint density at radius 1 is 0.473 bits per heavy atom. The lowest BCUT2D eigenvalue weighted by Gasteiger charge is -2.21. The molecule has 0 amide bonds. The molecule has 0 aliphatic heterocycles. The van der Waals surface area contributed by atoms with Gasteiger partial charge in [-0.3, -0.25) is 0 Å². The van der Waals surface area contributed by atoms with Crippen LogP contribution in [0.2, 0.25) is 0 Å². The van der Waals surface area contributed by atoms with Gasteiger partial charge in [-0.15, -0.1) is 6.58 Å². The van der Waals surface area contributed by atoms with E-state index in [0.717, 1.165) is 44.8 Å². The molecule has 358 valence electrons. The molecule has 10 aromatic rings. The Hall–Kier alpha value is -10.2. The van der Waals surface area contributed by atoms with E-state index in [0.29, 0.717) is 61.2 Å². The summed E-state index contributed by atoms with van der Waals surface area (Å²) in [5.74, 6) is 0. The quantitative estimate of drug-likeness (QED) is 0.157. The third kappa shape index (κ3) is 9.54. The van der Waals surface area contributed by atoms with Crippen LogP contribution in [-0.4, -0.2) is 9.13 Å². The van der Waals surface area contributed by atoms with E-state index >= 15 is 0 Å². The number of hydrogen-bond acceptors (Lipinski definition) is 6. The molecule has 0 N–H and O–H groups in total. The number of nitriles is 6. The summed E-state index contributed by atoms with van der Waals surface area (Å²) in [7, 11) is 0. The first-order valence-electron chi connectivity index (χ1n) is 23.6. The summed E-state index contributed by atoms with van der Waals surface area (Å²) in [6.07, 6.45) is -1.79. The predicted molar refractivity (Wildman–Crippen MR) is 288 cm³/mol. The van der Waals surface area contributed by atoms with Crippen molar-refractivity contribution >= 4 is 43.6 Å². The molecular formula is C63H45F3N8. The van der Waals surface area contributed by atoms with Gasteiger partial charge in [0.1, 0.15) is 11.6 Å². The van der Waals surface area contributed by atoms with Gasteiger partial charge in [0.05, 0.1) is 97.2 Å². The molecule has 0 unspecified atom stereocenters. The molecule has 11 heteroatoms. The monoisotopic (exact) mass is 970 g/mol. The van der Waals surface area contributed by atoms with Crippen molar-refractivity contribution in [3.63, 3.8) is 0 Å². The largest absolute Gasteiger partial charge is 0.416 e. The molecule has 0 fully saturated rings. The van der Waals surface area contributed by atoms with E-state index in [1.165, 1.54) is 18.6 Å². The van der Waals surface area contributed by atoms with Crippen LogP contribution >= 0.6 is 0 Å². The maximum Gasteiger partial charge on any atom is 0.416 e. The van der Waals surface area contributed by atoms with Crippen LogP contribution in [-0.2, 0) is 6.18 Å². The first-order chi connectivity index (χ1) is 35.9. The van der Waals surface area contributed by atoms with Gasteiger partial charge >= 0.3 is 6.18 Å². The fourth-order valence-electron chi connectivity index (χ4n) is 9.05. The maximum atomic E-state index is 14.5. The molecule has 8 aromatic carbocycles. The third-order valence-electron chi connectivity index (χ3n) is 11.9. The molecule has 0 spiro atoms. The molecule has 0 saturated carbocycles. The van der Waals surface area contributed by atoms with E-state index < -0.39 is 11.7 Å². The van der Waals surface area contributed by atoms with E-state index in [9.17, 15) is 44.7 Å². The Morgan fingerprint density at radius 2 is 0.919 bits per heavy atom. The molecule has 0 saturated heterocycles. The molecular weight excluding hydrogens is 926 g/mol. The maximum absolute atomic E-state index is 14.5. The zero-order valence-corrected chi connectivity index (χ0v) is 41.1. The van der Waals surface area contributed by atoms with Gasteiger partial charge in [0, 0.05) is 27.1 Å². The van der Waals surface area contributed by atoms with Gasteiger partial charge < -0.3 is 9.13 Å². The number of aromatic nitrogens is 2. The van der Waals surface area contributed by atoms with Crippen molar-refractivity contribution in [2.45, 2.75) is 47.2 Å². The molecule has 74 heavy (non-hydrogen) atoms. The SMILES string of the molecule is C=CC.CC.CCC.N#Cc1cc(-c2ccc(-n3c4ccccc4c4cc(-c5ccc(C#N)cc5C#N)ccc43)c(C#N)c2-n2c3ccccc3c3cc(-c4ccc(C#N)cc4C#N)ccc32)cc(C(F)(F)F)c1. The zero-order chi connectivity index (χ0) is 53.3. The second kappa shape index (κ2) is 22.3. The van der Waals surface area contributed by atoms with Gasteiger partial charge in [-0.25, -0.2) is 0 Å². The van der Waals surface area contributed by atoms with Gasteiger partial charge in [0.25, 0.3) is 0 Å². The topological polar surface area (TPSA) is 153 Å². The van der Waals surface area contributed by atoms with Gasteiger partial charge in [-0.1, -0.05) is 107 Å². The number of rotatable bonds is 5. The standard InChI is InChI=1S/C55H25F3N8.C3H8.C3H6.C2H6/c56-55(57,58)40-22-34(28-61)21-37(23-40)43-15-18-53(65-49-7-3-1-5-44(49)46-24-35(11-16-51(46)65)41-13-9-32(26-59)19-38(41)29-62)48(31-64)54(43)66-50-8-4-2-6-45(50)47-25-36(12-17-52(47)66)42-14-10-33(27-60)20-39(42)30-63;2*1-3-2;1-2/h1-25H;3H2,1-2H3;3H,1H2,2H3;1-2H3. The fourth-order valence-corrected chi connectivity index (χ4v) is 9.05. The second-order valence-electron chi connectivity index (χ2n) is 16.6. The van der Waals surface area contributed by atoms with Crippen LogP contribution in [0.15, 0.2) is 164 Å². The molecule has 2 aromatic heterocycles. The van der Waals surface area contributed by atoms with Crippen LogP contribution in [0, 0.1) is 68.0 Å². The molecule has 2 heterocycles. The fraction of sp³-hybridized carbons (Fsp3) is 0.111. The number of fused-ring (bicyclic) bond motifs is 6. The second-order valence-corrected chi connectivity index (χ2v) is 16.6. The Kier molecular flexibility index (Phi) is 15.6. The number of benzene rings is 8. The average molecular weight is 971 g/mol. The summed E-state index contributed by atoms with van der Waals surface area (Å²) < 4.78 is 47.4. The molecule has 10 rings (SSSR count). The van der Waals surface area contributed by atoms with E-state index in [4.69, 9.17) is 0 Å². The number of para-hydroxylation sites is 2. The molecule has 0 atom stereocenters. The van der Waals surface area contributed by atoms with Crippen LogP contribution in [0.5, 0.6) is 0 Å². The lowest BCUT2D eigenvalue weighted by Crippen LogP contribution is -2.08. The van der Waals surface area contributed by atoms with Crippen LogP contribution in [0.4, 0.5) is 13.2 Å². The van der Waals surface area contributed by atoms with Crippen molar-refractivity contribution < 1.29 is 13.2 Å². The van der Waals surface area contributed by atoms with Crippen LogP contribution in [0.1, 0.15) is 80.0 Å². The van der Waals surface area contributed by atoms with Crippen molar-refractivity contribution in [1.29, 1.82) is 31.6 Å². The summed E-state index contributed by atoms with van der Waals surface area (Å²) in [5, 5.41) is 63.7. The van der Waals surface area contributed by atoms with Gasteiger partial charge in [-0.05, 0) is 120 Å². The number of nitrogens with zero attached hydrogens (tertiary/aromatic N) is 8. The summed E-state index contributed by atoms with van der Waals surface area (Å²) >= 11 is 0. The van der Waals surface area contributed by atoms with Crippen molar-refractivity contribution in [3.05, 3.63) is 203 Å². The van der Waals surface area contributed by atoms with E-state index in [1.54, 1.807) is 48.5 Å². The molecule has 0 aliphatic carbocycles. The zero-order valence-electron chi connectivity index (χ0n) is 41.1. The van der Waals surface area contributed by atoms with E-state index in [1.807, 2.05) is 121 Å². The predicted octanol–water partition coefficient (Wildman–Crippen LogP) is 16.8. The number of allylic oxidation sites excluding steroid dienone is 1. The number of alkyl halides is 3. The van der Waals surface area contributed by atoms with E-state index in [-0.39, 0.29) is 27.9 Å². The minimum Gasteiger partial charge on any atom is -0.308 e. The lowest BCUT2D eigenvalue weighted by molar-refractivity contribution is -0.137. The van der Waals surface area contributed by atoms with Crippen molar-refractivity contribution in [1.82, 2.24) is 9.13 Å². The Balaban J connectivity index is 0.000000945. The van der Waals surface area contributed by atoms with Crippen LogP contribution < -0.4 is 0 Å². The average Bonchev–Trinajstić information content (AvgIpc) is 3.94. The van der Waals surface area contributed by atoms with E-state index in [2.05, 4.69) is 50.8 Å². The molecule has 0 bridgehead atoms. The molecule has 0 aliphatic rings. The third-order valence-corrected chi connectivity index (χ3v) is 11.9. The van der Waals surface area contributed by atoms with Crippen LogP contribution in [0.25, 0.3) is 88.4 Å². The summed E-state index contributed by atoms with van der Waals surface area (Å²) in [5.41, 5.74) is 6.57. The Bertz CT molecular complexity index is 4090. The first-order valence-corrected chi connectivity index (χ1v) is 23.6. The highest BCUT2D eigenvalue weighted by Gasteiger charge is 2.32. The van der Waals surface area contributed by atoms with Gasteiger partial charge in [-0.2, -0.15) is 44.7 Å². The highest BCUT2D eigenvalue weighted by atomic mass is 19.4. The lowest BCUT2D eigenvalue weighted by atomic mass is 9.95. The van der Waals surface area contributed by atoms with Crippen molar-refractivity contribution in [2.75, 3.05) is 0 Å². The minimum atomic E-state index is -4.79. The number of halogens is 3. The smallest absolute Gasteiger partial charge is 0.308 e. The minimum absolute atomic E-state index is 0.0702. The normalized spacial score (nSPS) is 10.5. The number of hydrogen-bond donors (Lipinski definition) is 0. The summed E-state index contributed by atoms with van der Waals surface area (Å²) in [4.78, 5) is 0. The summed E-state index contributed by atoms with van der Waals surface area (Å²) in [6, 6.07) is 55.7. The van der Waals surface area contributed by atoms with Gasteiger partial charge in [0.15, 0.2) is 0 Å². The Morgan fingerprint density at radius 3 is 1.38 bits per heavy atom. The Labute approximate surface area is 427 Å². The first kappa shape index (κ1) is 51.7. The molecule has 0 radical (unpaired) electrons. The van der Waals surface area contributed by atoms with Crippen LogP contribution in [0.3, 0.4) is 0 Å². The van der Waals surface area contributed by atoms with Crippen molar-refractivity contribution in [2.24, 2.45) is 0 Å².